The zero-order valence-corrected chi connectivity index (χ0v) is 13.7. The smallest absolute Gasteiger partial charge is 0.233 e. The highest BCUT2D eigenvalue weighted by Crippen LogP contribution is 2.41. The SMILES string of the molecule is COc1ccc([C@@H]2SCC(=O)N2C[C@@H]2CCCO2)cc1OC. The normalized spacial score (nSPS) is 24.8. The molecule has 120 valence electrons. The van der Waals surface area contributed by atoms with Gasteiger partial charge in [-0.05, 0) is 30.5 Å². The van der Waals surface area contributed by atoms with Gasteiger partial charge in [-0.25, -0.2) is 0 Å². The van der Waals surface area contributed by atoms with Crippen LogP contribution in [0.4, 0.5) is 0 Å². The first-order valence-electron chi connectivity index (χ1n) is 7.47. The Bertz CT molecular complexity index is 545. The number of ether oxygens (including phenoxy) is 3. The molecule has 2 atom stereocenters. The lowest BCUT2D eigenvalue weighted by molar-refractivity contribution is -0.129. The monoisotopic (exact) mass is 323 g/mol. The Kier molecular flexibility index (Phi) is 4.78. The second-order valence-electron chi connectivity index (χ2n) is 5.46. The summed E-state index contributed by atoms with van der Waals surface area (Å²) in [5.74, 6) is 2.09. The molecule has 0 radical (unpaired) electrons. The molecular formula is C16H21NO4S. The van der Waals surface area contributed by atoms with E-state index in [2.05, 4.69) is 0 Å². The van der Waals surface area contributed by atoms with E-state index in [1.807, 2.05) is 23.1 Å². The number of thioether (sulfide) groups is 1. The Morgan fingerprint density at radius 2 is 2.14 bits per heavy atom. The van der Waals surface area contributed by atoms with Crippen LogP contribution >= 0.6 is 11.8 Å². The Morgan fingerprint density at radius 1 is 1.32 bits per heavy atom. The van der Waals surface area contributed by atoms with Crippen LogP contribution in [0.1, 0.15) is 23.8 Å². The molecule has 0 aromatic heterocycles. The van der Waals surface area contributed by atoms with Crippen LogP contribution in [-0.4, -0.2) is 50.0 Å². The molecule has 6 heteroatoms. The number of hydrogen-bond acceptors (Lipinski definition) is 5. The van der Waals surface area contributed by atoms with Crippen molar-refractivity contribution in [2.45, 2.75) is 24.3 Å². The van der Waals surface area contributed by atoms with Gasteiger partial charge in [0.05, 0.1) is 26.1 Å². The van der Waals surface area contributed by atoms with Crippen LogP contribution in [0.5, 0.6) is 11.5 Å². The molecule has 2 aliphatic heterocycles. The van der Waals surface area contributed by atoms with E-state index in [9.17, 15) is 4.79 Å². The van der Waals surface area contributed by atoms with Crippen LogP contribution in [-0.2, 0) is 9.53 Å². The van der Waals surface area contributed by atoms with E-state index in [-0.39, 0.29) is 17.4 Å². The van der Waals surface area contributed by atoms with E-state index >= 15 is 0 Å². The Morgan fingerprint density at radius 3 is 2.82 bits per heavy atom. The van der Waals surface area contributed by atoms with Gasteiger partial charge >= 0.3 is 0 Å². The van der Waals surface area contributed by atoms with Gasteiger partial charge in [0.2, 0.25) is 5.91 Å². The van der Waals surface area contributed by atoms with Crippen LogP contribution in [0, 0.1) is 0 Å². The van der Waals surface area contributed by atoms with Crippen molar-refractivity contribution in [3.05, 3.63) is 23.8 Å². The van der Waals surface area contributed by atoms with Crippen molar-refractivity contribution < 1.29 is 19.0 Å². The molecule has 2 saturated heterocycles. The van der Waals surface area contributed by atoms with Crippen molar-refractivity contribution in [2.75, 3.05) is 33.1 Å². The van der Waals surface area contributed by atoms with Crippen LogP contribution in [0.15, 0.2) is 18.2 Å². The number of methoxy groups -OCH3 is 2. The molecule has 2 aliphatic rings. The van der Waals surface area contributed by atoms with Gasteiger partial charge in [-0.2, -0.15) is 0 Å². The summed E-state index contributed by atoms with van der Waals surface area (Å²) in [5.41, 5.74) is 1.06. The summed E-state index contributed by atoms with van der Waals surface area (Å²) in [7, 11) is 3.24. The highest BCUT2D eigenvalue weighted by atomic mass is 32.2. The van der Waals surface area contributed by atoms with E-state index in [0.717, 1.165) is 25.0 Å². The third-order valence-corrected chi connectivity index (χ3v) is 5.34. The van der Waals surface area contributed by atoms with Crippen molar-refractivity contribution >= 4 is 17.7 Å². The van der Waals surface area contributed by atoms with E-state index in [1.165, 1.54) is 0 Å². The summed E-state index contributed by atoms with van der Waals surface area (Å²) >= 11 is 1.65. The predicted molar refractivity (Wildman–Crippen MR) is 85.4 cm³/mol. The number of amides is 1. The first-order chi connectivity index (χ1) is 10.7. The lowest BCUT2D eigenvalue weighted by Gasteiger charge is -2.27. The topological polar surface area (TPSA) is 48.0 Å². The summed E-state index contributed by atoms with van der Waals surface area (Å²) in [5, 5.41) is 0.0245. The van der Waals surface area contributed by atoms with Gasteiger partial charge in [-0.1, -0.05) is 6.07 Å². The lowest BCUT2D eigenvalue weighted by Crippen LogP contribution is -2.35. The minimum absolute atomic E-state index is 0.0245. The van der Waals surface area contributed by atoms with Gasteiger partial charge in [-0.15, -0.1) is 11.8 Å². The van der Waals surface area contributed by atoms with Gasteiger partial charge in [-0.3, -0.25) is 4.79 Å². The summed E-state index contributed by atoms with van der Waals surface area (Å²) in [6.45, 7) is 1.48. The predicted octanol–water partition coefficient (Wildman–Crippen LogP) is 2.46. The van der Waals surface area contributed by atoms with E-state index in [0.29, 0.717) is 23.8 Å². The molecular weight excluding hydrogens is 302 g/mol. The van der Waals surface area contributed by atoms with E-state index < -0.39 is 0 Å². The second kappa shape index (κ2) is 6.79. The number of carbonyl (C=O) groups is 1. The number of nitrogens with zero attached hydrogens (tertiary/aromatic N) is 1. The summed E-state index contributed by atoms with van der Waals surface area (Å²) in [6, 6.07) is 5.85. The largest absolute Gasteiger partial charge is 0.493 e. The molecule has 1 amide bonds. The number of hydrogen-bond donors (Lipinski definition) is 0. The second-order valence-corrected chi connectivity index (χ2v) is 6.53. The Hall–Kier alpha value is -1.40. The molecule has 0 saturated carbocycles. The fourth-order valence-corrected chi connectivity index (χ4v) is 4.13. The molecule has 0 spiro atoms. The maximum Gasteiger partial charge on any atom is 0.233 e. The van der Waals surface area contributed by atoms with Gasteiger partial charge in [0.25, 0.3) is 0 Å². The van der Waals surface area contributed by atoms with Gasteiger partial charge in [0.15, 0.2) is 11.5 Å². The van der Waals surface area contributed by atoms with Crippen molar-refractivity contribution in [1.29, 1.82) is 0 Å². The third kappa shape index (κ3) is 3.03. The van der Waals surface area contributed by atoms with Crippen LogP contribution < -0.4 is 9.47 Å². The number of rotatable bonds is 5. The van der Waals surface area contributed by atoms with Gasteiger partial charge in [0.1, 0.15) is 5.37 Å². The van der Waals surface area contributed by atoms with Crippen molar-refractivity contribution in [3.63, 3.8) is 0 Å². The average molecular weight is 323 g/mol. The Balaban J connectivity index is 1.80. The maximum atomic E-state index is 12.2. The average Bonchev–Trinajstić information content (AvgIpc) is 3.18. The van der Waals surface area contributed by atoms with Crippen LogP contribution in [0.25, 0.3) is 0 Å². The standard InChI is InChI=1S/C16H21NO4S/c1-19-13-6-5-11(8-14(13)20-2)16-17(15(18)10-22-16)9-12-4-3-7-21-12/h5-6,8,12,16H,3-4,7,9-10H2,1-2H3/t12-,16-/m0/s1. The molecule has 0 aliphatic carbocycles. The third-order valence-electron chi connectivity index (χ3n) is 4.09. The first kappa shape index (κ1) is 15.5. The molecule has 3 rings (SSSR count). The minimum atomic E-state index is 0.0245. The van der Waals surface area contributed by atoms with Crippen molar-refractivity contribution in [2.24, 2.45) is 0 Å². The maximum absolute atomic E-state index is 12.2. The zero-order valence-electron chi connectivity index (χ0n) is 12.9. The van der Waals surface area contributed by atoms with Crippen molar-refractivity contribution in [3.8, 4) is 11.5 Å². The fraction of sp³-hybridized carbons (Fsp3) is 0.562. The molecule has 0 bridgehead atoms. The quantitative estimate of drug-likeness (QED) is 0.833. The number of benzene rings is 1. The highest BCUT2D eigenvalue weighted by Gasteiger charge is 2.35. The molecule has 2 fully saturated rings. The van der Waals surface area contributed by atoms with E-state index in [4.69, 9.17) is 14.2 Å². The first-order valence-corrected chi connectivity index (χ1v) is 8.52. The molecule has 0 N–H and O–H groups in total. The van der Waals surface area contributed by atoms with Crippen molar-refractivity contribution in [1.82, 2.24) is 4.90 Å². The Labute approximate surface area is 134 Å². The highest BCUT2D eigenvalue weighted by molar-refractivity contribution is 8.00. The lowest BCUT2D eigenvalue weighted by atomic mass is 10.1. The van der Waals surface area contributed by atoms with Crippen LogP contribution in [0.2, 0.25) is 0 Å². The van der Waals surface area contributed by atoms with Gasteiger partial charge < -0.3 is 19.1 Å². The fourth-order valence-electron chi connectivity index (χ4n) is 2.94. The molecule has 1 aromatic carbocycles. The summed E-state index contributed by atoms with van der Waals surface area (Å²) < 4.78 is 16.3. The van der Waals surface area contributed by atoms with E-state index in [1.54, 1.807) is 26.0 Å². The van der Waals surface area contributed by atoms with Gasteiger partial charge in [0, 0.05) is 13.2 Å². The summed E-state index contributed by atoms with van der Waals surface area (Å²) in [4.78, 5) is 14.1. The minimum Gasteiger partial charge on any atom is -0.493 e. The molecule has 22 heavy (non-hydrogen) atoms. The molecule has 2 heterocycles. The molecule has 5 nitrogen and oxygen atoms in total. The van der Waals surface area contributed by atoms with Crippen LogP contribution in [0.3, 0.4) is 0 Å². The molecule has 1 aromatic rings. The molecule has 0 unspecified atom stereocenters. The number of carbonyl (C=O) groups excluding carboxylic acids is 1. The summed E-state index contributed by atoms with van der Waals surface area (Å²) in [6.07, 6.45) is 2.29. The zero-order chi connectivity index (χ0) is 15.5.